The number of hydrogen-bond acceptors (Lipinski definition) is 3. The van der Waals surface area contributed by atoms with Gasteiger partial charge in [-0.05, 0) is 37.9 Å². The van der Waals surface area contributed by atoms with Gasteiger partial charge in [0.1, 0.15) is 6.04 Å². The highest BCUT2D eigenvalue weighted by Crippen LogP contribution is 2.36. The number of nitrogens with zero attached hydrogens (tertiary/aromatic N) is 1. The molecule has 0 bridgehead atoms. The Labute approximate surface area is 126 Å². The molecule has 1 aromatic rings. The average Bonchev–Trinajstić information content (AvgIpc) is 2.81. The molecule has 0 aromatic heterocycles. The summed E-state index contributed by atoms with van der Waals surface area (Å²) in [6.45, 7) is 2.35. The number of likely N-dealkylation sites (N-methyl/N-ethyl adjacent to an activating group) is 1. The van der Waals surface area contributed by atoms with E-state index in [4.69, 9.17) is 0 Å². The second-order valence-electron chi connectivity index (χ2n) is 6.42. The van der Waals surface area contributed by atoms with Crippen LogP contribution < -0.4 is 15.5 Å². The van der Waals surface area contributed by atoms with E-state index in [2.05, 4.69) is 47.7 Å². The van der Waals surface area contributed by atoms with Gasteiger partial charge >= 0.3 is 0 Å². The molecular weight excluding hydrogens is 262 g/mol. The first kappa shape index (κ1) is 14.4. The van der Waals surface area contributed by atoms with Crippen LogP contribution in [0.4, 0.5) is 11.4 Å². The van der Waals surface area contributed by atoms with Crippen LogP contribution in [0.1, 0.15) is 44.2 Å². The van der Waals surface area contributed by atoms with E-state index < -0.39 is 0 Å². The number of carbonyl (C=O) groups excluding carboxylic acids is 1. The van der Waals surface area contributed by atoms with E-state index in [0.29, 0.717) is 6.04 Å². The number of nitrogens with one attached hydrogen (secondary N) is 2. The monoisotopic (exact) mass is 287 g/mol. The molecule has 3 unspecified atom stereocenters. The quantitative estimate of drug-likeness (QED) is 0.898. The van der Waals surface area contributed by atoms with E-state index in [9.17, 15) is 4.79 Å². The molecule has 0 saturated heterocycles. The van der Waals surface area contributed by atoms with Crippen LogP contribution in [-0.2, 0) is 4.79 Å². The SMILES string of the molecule is CNC1C(=O)Nc2cc(N(C)C3CCCCC3C)ccc21. The Bertz CT molecular complexity index is 543. The normalized spacial score (nSPS) is 28.1. The Morgan fingerprint density at radius 1 is 1.29 bits per heavy atom. The van der Waals surface area contributed by atoms with Crippen molar-refractivity contribution in [2.45, 2.75) is 44.7 Å². The molecule has 0 radical (unpaired) electrons. The molecular formula is C17H25N3O. The lowest BCUT2D eigenvalue weighted by Crippen LogP contribution is -2.39. The lowest BCUT2D eigenvalue weighted by atomic mass is 9.85. The van der Waals surface area contributed by atoms with Gasteiger partial charge in [0.15, 0.2) is 0 Å². The van der Waals surface area contributed by atoms with E-state index in [-0.39, 0.29) is 11.9 Å². The van der Waals surface area contributed by atoms with Gasteiger partial charge in [-0.15, -0.1) is 0 Å². The average molecular weight is 287 g/mol. The highest BCUT2D eigenvalue weighted by molar-refractivity contribution is 6.03. The number of amides is 1. The van der Waals surface area contributed by atoms with Crippen LogP contribution in [0.3, 0.4) is 0 Å². The largest absolute Gasteiger partial charge is 0.371 e. The van der Waals surface area contributed by atoms with Crippen LogP contribution in [0.5, 0.6) is 0 Å². The highest BCUT2D eigenvalue weighted by Gasteiger charge is 2.30. The summed E-state index contributed by atoms with van der Waals surface area (Å²) in [5, 5.41) is 6.04. The summed E-state index contributed by atoms with van der Waals surface area (Å²) in [6, 6.07) is 6.73. The summed E-state index contributed by atoms with van der Waals surface area (Å²) in [5.41, 5.74) is 3.20. The zero-order chi connectivity index (χ0) is 15.0. The maximum atomic E-state index is 11.9. The standard InChI is InChI=1S/C17H25N3O/c1-11-6-4-5-7-15(11)20(3)12-8-9-13-14(10-12)19-17(21)16(13)18-2/h8-11,15-16,18H,4-7H2,1-3H3,(H,19,21). The van der Waals surface area contributed by atoms with Gasteiger partial charge in [-0.3, -0.25) is 4.79 Å². The van der Waals surface area contributed by atoms with Crippen molar-refractivity contribution in [2.75, 3.05) is 24.3 Å². The van der Waals surface area contributed by atoms with Gasteiger partial charge in [0.2, 0.25) is 5.91 Å². The van der Waals surface area contributed by atoms with E-state index >= 15 is 0 Å². The first-order chi connectivity index (χ1) is 10.1. The minimum Gasteiger partial charge on any atom is -0.371 e. The van der Waals surface area contributed by atoms with Crippen molar-refractivity contribution in [1.82, 2.24) is 5.32 Å². The first-order valence-electron chi connectivity index (χ1n) is 7.96. The number of anilines is 2. The first-order valence-corrected chi connectivity index (χ1v) is 7.96. The molecule has 1 heterocycles. The summed E-state index contributed by atoms with van der Waals surface area (Å²) in [4.78, 5) is 14.3. The Hall–Kier alpha value is -1.55. The second kappa shape index (κ2) is 5.68. The molecule has 1 fully saturated rings. The predicted molar refractivity (Wildman–Crippen MR) is 86.7 cm³/mol. The molecule has 2 aliphatic rings. The fourth-order valence-electron chi connectivity index (χ4n) is 3.82. The van der Waals surface area contributed by atoms with Crippen molar-refractivity contribution in [2.24, 2.45) is 5.92 Å². The maximum absolute atomic E-state index is 11.9. The lowest BCUT2D eigenvalue weighted by Gasteiger charge is -2.37. The van der Waals surface area contributed by atoms with Gasteiger partial charge in [0.05, 0.1) is 0 Å². The zero-order valence-electron chi connectivity index (χ0n) is 13.1. The van der Waals surface area contributed by atoms with Crippen LogP contribution in [0.15, 0.2) is 18.2 Å². The van der Waals surface area contributed by atoms with Crippen molar-refractivity contribution in [3.05, 3.63) is 23.8 Å². The molecule has 1 aliphatic carbocycles. The minimum atomic E-state index is -0.215. The molecule has 1 aliphatic heterocycles. The van der Waals surface area contributed by atoms with Crippen molar-refractivity contribution in [1.29, 1.82) is 0 Å². The van der Waals surface area contributed by atoms with E-state index in [1.54, 1.807) is 0 Å². The molecule has 1 saturated carbocycles. The van der Waals surface area contributed by atoms with Gasteiger partial charge in [-0.2, -0.15) is 0 Å². The summed E-state index contributed by atoms with van der Waals surface area (Å²) < 4.78 is 0. The lowest BCUT2D eigenvalue weighted by molar-refractivity contribution is -0.117. The fourth-order valence-corrected chi connectivity index (χ4v) is 3.82. The smallest absolute Gasteiger partial charge is 0.246 e. The third kappa shape index (κ3) is 2.53. The third-order valence-corrected chi connectivity index (χ3v) is 5.13. The Morgan fingerprint density at radius 3 is 2.76 bits per heavy atom. The zero-order valence-corrected chi connectivity index (χ0v) is 13.1. The van der Waals surface area contributed by atoms with Crippen LogP contribution in [0.2, 0.25) is 0 Å². The topological polar surface area (TPSA) is 44.4 Å². The van der Waals surface area contributed by atoms with Gasteiger partial charge in [0.25, 0.3) is 0 Å². The van der Waals surface area contributed by atoms with Gasteiger partial charge in [0, 0.05) is 30.0 Å². The Balaban J connectivity index is 1.84. The Morgan fingerprint density at radius 2 is 2.05 bits per heavy atom. The van der Waals surface area contributed by atoms with E-state index in [1.807, 2.05) is 7.05 Å². The molecule has 114 valence electrons. The Kier molecular flexibility index (Phi) is 3.89. The van der Waals surface area contributed by atoms with Crippen LogP contribution in [0.25, 0.3) is 0 Å². The number of hydrogen-bond donors (Lipinski definition) is 2. The van der Waals surface area contributed by atoms with Crippen molar-refractivity contribution in [3.8, 4) is 0 Å². The predicted octanol–water partition coefficient (Wildman–Crippen LogP) is 2.91. The van der Waals surface area contributed by atoms with Gasteiger partial charge in [-0.1, -0.05) is 25.8 Å². The molecule has 3 rings (SSSR count). The molecule has 1 amide bonds. The van der Waals surface area contributed by atoms with E-state index in [0.717, 1.165) is 17.2 Å². The van der Waals surface area contributed by atoms with Crippen molar-refractivity contribution in [3.63, 3.8) is 0 Å². The van der Waals surface area contributed by atoms with Gasteiger partial charge in [-0.25, -0.2) is 0 Å². The van der Waals surface area contributed by atoms with Crippen LogP contribution in [-0.4, -0.2) is 26.0 Å². The fraction of sp³-hybridized carbons (Fsp3) is 0.588. The summed E-state index contributed by atoms with van der Waals surface area (Å²) >= 11 is 0. The molecule has 3 atom stereocenters. The summed E-state index contributed by atoms with van der Waals surface area (Å²) in [6.07, 6.45) is 5.26. The molecule has 4 nitrogen and oxygen atoms in total. The third-order valence-electron chi connectivity index (χ3n) is 5.13. The molecule has 21 heavy (non-hydrogen) atoms. The maximum Gasteiger partial charge on any atom is 0.246 e. The molecule has 4 heteroatoms. The van der Waals surface area contributed by atoms with Gasteiger partial charge < -0.3 is 15.5 Å². The number of rotatable bonds is 3. The highest BCUT2D eigenvalue weighted by atomic mass is 16.2. The minimum absolute atomic E-state index is 0.0401. The number of fused-ring (bicyclic) bond motifs is 1. The van der Waals surface area contributed by atoms with E-state index in [1.165, 1.54) is 31.4 Å². The summed E-state index contributed by atoms with van der Waals surface area (Å²) in [7, 11) is 4.00. The second-order valence-corrected chi connectivity index (χ2v) is 6.42. The molecule has 1 aromatic carbocycles. The number of carbonyl (C=O) groups is 1. The molecule has 0 spiro atoms. The number of benzene rings is 1. The molecule has 2 N–H and O–H groups in total. The van der Waals surface area contributed by atoms with Crippen molar-refractivity contribution < 1.29 is 4.79 Å². The summed E-state index contributed by atoms with van der Waals surface area (Å²) in [5.74, 6) is 0.773. The van der Waals surface area contributed by atoms with Crippen molar-refractivity contribution >= 4 is 17.3 Å². The van der Waals surface area contributed by atoms with Crippen LogP contribution in [0, 0.1) is 5.92 Å². The van der Waals surface area contributed by atoms with Crippen LogP contribution >= 0.6 is 0 Å².